The maximum atomic E-state index is 13.1. The summed E-state index contributed by atoms with van der Waals surface area (Å²) in [5, 5.41) is 22.9. The largest absolute Gasteiger partial charge is 0.481 e. The lowest BCUT2D eigenvalue weighted by Gasteiger charge is -2.29. The minimum Gasteiger partial charge on any atom is -0.481 e. The maximum absolute atomic E-state index is 13.1. The molecule has 0 aromatic carbocycles. The number of unbranched alkanes of at least 4 members (excludes halogenated alkanes) is 1. The summed E-state index contributed by atoms with van der Waals surface area (Å²) in [6, 6.07) is -4.82. The molecule has 4 atom stereocenters. The van der Waals surface area contributed by atoms with Gasteiger partial charge in [0.15, 0.2) is 0 Å². The number of nitrogens with zero attached hydrogens (tertiary/aromatic N) is 1. The van der Waals surface area contributed by atoms with Gasteiger partial charge >= 0.3 is 11.9 Å². The van der Waals surface area contributed by atoms with Crippen LogP contribution >= 0.6 is 0 Å². The Balaban J connectivity index is 2.97. The highest BCUT2D eigenvalue weighted by Gasteiger charge is 2.38. The first kappa shape index (κ1) is 28.8. The molecule has 0 aromatic rings. The zero-order valence-electron chi connectivity index (χ0n) is 18.9. The highest BCUT2D eigenvalue weighted by atomic mass is 16.4. The molecule has 1 rings (SSSR count). The molecule has 14 nitrogen and oxygen atoms in total. The molecule has 0 saturated carbocycles. The Morgan fingerprint density at radius 1 is 0.971 bits per heavy atom. The van der Waals surface area contributed by atoms with Crippen molar-refractivity contribution in [3.63, 3.8) is 0 Å². The highest BCUT2D eigenvalue weighted by molar-refractivity contribution is 5.96. The van der Waals surface area contributed by atoms with Gasteiger partial charge in [0.2, 0.25) is 23.6 Å². The number of likely N-dealkylation sites (tertiary alicyclic amines) is 1. The normalized spacial score (nSPS) is 17.9. The summed E-state index contributed by atoms with van der Waals surface area (Å²) in [7, 11) is 0. The number of amides is 4. The van der Waals surface area contributed by atoms with Crippen molar-refractivity contribution in [2.75, 3.05) is 13.1 Å². The van der Waals surface area contributed by atoms with Crippen LogP contribution in [0.1, 0.15) is 51.4 Å². The summed E-state index contributed by atoms with van der Waals surface area (Å²) >= 11 is 0. The monoisotopic (exact) mass is 486 g/mol. The van der Waals surface area contributed by atoms with Crippen molar-refractivity contribution in [2.45, 2.75) is 75.5 Å². The number of hydrogen-bond acceptors (Lipinski definition) is 8. The second-order valence-corrected chi connectivity index (χ2v) is 8.14. The summed E-state index contributed by atoms with van der Waals surface area (Å²) < 4.78 is 0. The molecular weight excluding hydrogens is 452 g/mol. The SMILES string of the molecule is NCCCCC(NC(=O)C(CC(N)=O)NC(=O)C(N)CCC(=O)O)C(=O)N1CCCC1C(=O)O. The summed E-state index contributed by atoms with van der Waals surface area (Å²) in [5.74, 6) is -5.54. The molecule has 0 aromatic heterocycles. The molecule has 0 spiro atoms. The van der Waals surface area contributed by atoms with Crippen LogP contribution in [0.4, 0.5) is 0 Å². The van der Waals surface area contributed by atoms with Gasteiger partial charge in [0, 0.05) is 13.0 Å². The van der Waals surface area contributed by atoms with Crippen LogP contribution in [0.15, 0.2) is 0 Å². The van der Waals surface area contributed by atoms with Crippen LogP contribution in [-0.2, 0) is 28.8 Å². The Morgan fingerprint density at radius 2 is 1.62 bits per heavy atom. The van der Waals surface area contributed by atoms with E-state index in [-0.39, 0.29) is 25.8 Å². The van der Waals surface area contributed by atoms with Crippen LogP contribution in [0.25, 0.3) is 0 Å². The number of primary amides is 1. The van der Waals surface area contributed by atoms with E-state index in [9.17, 15) is 33.9 Å². The van der Waals surface area contributed by atoms with Crippen molar-refractivity contribution in [3.8, 4) is 0 Å². The molecular formula is C20H34N6O8. The number of nitrogens with two attached hydrogens (primary N) is 3. The molecule has 0 bridgehead atoms. The van der Waals surface area contributed by atoms with E-state index in [4.69, 9.17) is 22.3 Å². The van der Waals surface area contributed by atoms with E-state index in [1.807, 2.05) is 0 Å². The first-order valence-electron chi connectivity index (χ1n) is 11.1. The van der Waals surface area contributed by atoms with Crippen molar-refractivity contribution >= 4 is 35.6 Å². The quantitative estimate of drug-likeness (QED) is 0.117. The van der Waals surface area contributed by atoms with Crippen molar-refractivity contribution in [2.24, 2.45) is 17.2 Å². The van der Waals surface area contributed by atoms with Crippen molar-refractivity contribution in [3.05, 3.63) is 0 Å². The van der Waals surface area contributed by atoms with Gasteiger partial charge in [0.25, 0.3) is 0 Å². The number of carboxylic acid groups (broad SMARTS) is 2. The second-order valence-electron chi connectivity index (χ2n) is 8.14. The smallest absolute Gasteiger partial charge is 0.326 e. The molecule has 1 aliphatic rings. The summed E-state index contributed by atoms with van der Waals surface area (Å²) in [4.78, 5) is 73.1. The number of hydrogen-bond donors (Lipinski definition) is 7. The Morgan fingerprint density at radius 3 is 2.18 bits per heavy atom. The van der Waals surface area contributed by atoms with E-state index in [1.165, 1.54) is 4.90 Å². The van der Waals surface area contributed by atoms with E-state index < -0.39 is 66.2 Å². The third-order valence-corrected chi connectivity index (χ3v) is 5.43. The van der Waals surface area contributed by atoms with Crippen LogP contribution in [0.5, 0.6) is 0 Å². The summed E-state index contributed by atoms with van der Waals surface area (Å²) in [6.45, 7) is 0.573. The van der Waals surface area contributed by atoms with Gasteiger partial charge in [-0.05, 0) is 45.1 Å². The molecule has 34 heavy (non-hydrogen) atoms. The lowest BCUT2D eigenvalue weighted by Crippen LogP contribution is -2.57. The Hall–Kier alpha value is -3.26. The lowest BCUT2D eigenvalue weighted by atomic mass is 10.1. The summed E-state index contributed by atoms with van der Waals surface area (Å²) in [6.07, 6.45) is 0.819. The van der Waals surface area contributed by atoms with Gasteiger partial charge in [-0.1, -0.05) is 0 Å². The number of nitrogens with one attached hydrogen (secondary N) is 2. The van der Waals surface area contributed by atoms with E-state index in [0.29, 0.717) is 32.2 Å². The molecule has 4 amide bonds. The van der Waals surface area contributed by atoms with Gasteiger partial charge in [0.1, 0.15) is 18.1 Å². The fourth-order valence-electron chi connectivity index (χ4n) is 3.61. The number of rotatable bonds is 15. The molecule has 192 valence electrons. The van der Waals surface area contributed by atoms with Crippen molar-refractivity contribution in [1.82, 2.24) is 15.5 Å². The standard InChI is InChI=1S/C20H34N6O8/c21-8-2-1-4-12(19(32)26-9-3-5-14(26)20(33)34)24-18(31)13(10-15(23)27)25-17(30)11(22)6-7-16(28)29/h11-14H,1-10,21-22H2,(H2,23,27)(H,24,31)(H,25,30)(H,28,29)(H,33,34). The first-order valence-corrected chi connectivity index (χ1v) is 11.1. The highest BCUT2D eigenvalue weighted by Crippen LogP contribution is 2.20. The third kappa shape index (κ3) is 9.31. The van der Waals surface area contributed by atoms with Crippen LogP contribution in [0.2, 0.25) is 0 Å². The molecule has 1 saturated heterocycles. The van der Waals surface area contributed by atoms with E-state index in [0.717, 1.165) is 0 Å². The molecule has 4 unspecified atom stereocenters. The third-order valence-electron chi connectivity index (χ3n) is 5.43. The molecule has 1 heterocycles. The summed E-state index contributed by atoms with van der Waals surface area (Å²) in [5.41, 5.74) is 16.3. The zero-order chi connectivity index (χ0) is 25.8. The zero-order valence-corrected chi connectivity index (χ0v) is 18.9. The van der Waals surface area contributed by atoms with Gasteiger partial charge in [-0.2, -0.15) is 0 Å². The number of carbonyl (C=O) groups excluding carboxylic acids is 4. The lowest BCUT2D eigenvalue weighted by molar-refractivity contribution is -0.149. The van der Waals surface area contributed by atoms with Crippen LogP contribution in [0, 0.1) is 0 Å². The Bertz CT molecular complexity index is 776. The fraction of sp³-hybridized carbons (Fsp3) is 0.700. The predicted molar refractivity (Wildman–Crippen MR) is 118 cm³/mol. The fourth-order valence-corrected chi connectivity index (χ4v) is 3.61. The van der Waals surface area contributed by atoms with Crippen LogP contribution in [0.3, 0.4) is 0 Å². The van der Waals surface area contributed by atoms with Gasteiger partial charge in [-0.3, -0.25) is 24.0 Å². The van der Waals surface area contributed by atoms with Crippen LogP contribution < -0.4 is 27.8 Å². The van der Waals surface area contributed by atoms with E-state index in [1.54, 1.807) is 0 Å². The van der Waals surface area contributed by atoms with Crippen molar-refractivity contribution < 1.29 is 39.0 Å². The number of aliphatic carboxylic acids is 2. The molecule has 1 fully saturated rings. The molecule has 1 aliphatic heterocycles. The number of carboxylic acids is 2. The molecule has 14 heteroatoms. The topological polar surface area (TPSA) is 248 Å². The molecule has 0 aliphatic carbocycles. The Labute approximate surface area is 196 Å². The molecule has 10 N–H and O–H groups in total. The first-order chi connectivity index (χ1) is 16.0. The predicted octanol–water partition coefficient (Wildman–Crippen LogP) is -2.77. The second kappa shape index (κ2) is 14.1. The van der Waals surface area contributed by atoms with E-state index in [2.05, 4.69) is 10.6 Å². The number of carbonyl (C=O) groups is 6. The minimum atomic E-state index is -1.46. The van der Waals surface area contributed by atoms with Crippen LogP contribution in [-0.4, -0.2) is 87.9 Å². The van der Waals surface area contributed by atoms with Crippen molar-refractivity contribution in [1.29, 1.82) is 0 Å². The van der Waals surface area contributed by atoms with Gasteiger partial charge in [-0.15, -0.1) is 0 Å². The minimum absolute atomic E-state index is 0.167. The van der Waals surface area contributed by atoms with Gasteiger partial charge < -0.3 is 42.9 Å². The Kier molecular flexibility index (Phi) is 11.9. The van der Waals surface area contributed by atoms with Gasteiger partial charge in [-0.25, -0.2) is 4.79 Å². The maximum Gasteiger partial charge on any atom is 0.326 e. The van der Waals surface area contributed by atoms with Gasteiger partial charge in [0.05, 0.1) is 12.5 Å². The molecule has 0 radical (unpaired) electrons. The average Bonchev–Trinajstić information content (AvgIpc) is 3.25. The van der Waals surface area contributed by atoms with E-state index >= 15 is 0 Å². The average molecular weight is 487 g/mol.